The number of carbonyl (C=O) groups is 3. The molecule has 1 aromatic rings. The second-order valence-electron chi connectivity index (χ2n) is 10.2. The summed E-state index contributed by atoms with van der Waals surface area (Å²) in [6.07, 6.45) is -2.68. The molecule has 0 saturated carbocycles. The van der Waals surface area contributed by atoms with Crippen LogP contribution in [-0.2, 0) is 20.8 Å². The topological polar surface area (TPSA) is 107 Å². The van der Waals surface area contributed by atoms with Gasteiger partial charge in [0.05, 0.1) is 6.54 Å². The monoisotopic (exact) mass is 575 g/mol. The molecule has 184 valence electrons. The fraction of sp³-hybridized carbons (Fsp3) is 0.565. The fourth-order valence-corrected chi connectivity index (χ4v) is 2.89. The number of carbonyl (C=O) groups excluding carboxylic acids is 3. The predicted octanol–water partition coefficient (Wildman–Crippen LogP) is 5.84. The number of guanidine groups is 1. The zero-order valence-electron chi connectivity index (χ0n) is 20.7. The molecule has 0 fully saturated rings. The van der Waals surface area contributed by atoms with Crippen molar-refractivity contribution in [2.45, 2.75) is 85.7 Å². The highest BCUT2D eigenvalue weighted by molar-refractivity contribution is 14.1. The summed E-state index contributed by atoms with van der Waals surface area (Å²) in [4.78, 5) is 43.0. The number of halogens is 1. The number of aliphatic imine (C=N–C) groups is 1. The van der Waals surface area contributed by atoms with Gasteiger partial charge in [0.15, 0.2) is 0 Å². The molecule has 0 aliphatic rings. The number of ether oxygens (including phenoxy) is 3. The van der Waals surface area contributed by atoms with Crippen LogP contribution in [0.4, 0.5) is 14.4 Å². The number of nitrogens with zero attached hydrogens (tertiary/aromatic N) is 2. The summed E-state index contributed by atoms with van der Waals surface area (Å²) in [5.41, 5.74) is -1.74. The van der Waals surface area contributed by atoms with Crippen molar-refractivity contribution in [3.05, 3.63) is 33.4 Å². The molecular formula is C23H34IN3O6. The highest BCUT2D eigenvalue weighted by atomic mass is 127. The summed E-state index contributed by atoms with van der Waals surface area (Å²) >= 11 is 2.15. The summed E-state index contributed by atoms with van der Waals surface area (Å²) in [5.74, 6) is -0.369. The van der Waals surface area contributed by atoms with E-state index in [0.29, 0.717) is 0 Å². The number of alkyl carbamates (subject to hydrolysis) is 1. The number of hydrogen-bond donors (Lipinski definition) is 1. The number of hydrogen-bond acceptors (Lipinski definition) is 6. The van der Waals surface area contributed by atoms with Crippen LogP contribution in [0.1, 0.15) is 67.9 Å². The van der Waals surface area contributed by atoms with Gasteiger partial charge in [-0.15, -0.1) is 4.99 Å². The first-order chi connectivity index (χ1) is 14.8. The lowest BCUT2D eigenvalue weighted by Crippen LogP contribution is -2.50. The van der Waals surface area contributed by atoms with Crippen molar-refractivity contribution in [2.24, 2.45) is 4.99 Å². The molecule has 33 heavy (non-hydrogen) atoms. The molecule has 0 aliphatic heterocycles. The lowest BCUT2D eigenvalue weighted by atomic mass is 10.2. The van der Waals surface area contributed by atoms with Crippen LogP contribution in [0.2, 0.25) is 0 Å². The van der Waals surface area contributed by atoms with E-state index in [9.17, 15) is 14.4 Å². The Labute approximate surface area is 209 Å². The van der Waals surface area contributed by atoms with Crippen molar-refractivity contribution < 1.29 is 28.6 Å². The molecule has 1 N–H and O–H groups in total. The third-order valence-corrected chi connectivity index (χ3v) is 3.97. The van der Waals surface area contributed by atoms with Gasteiger partial charge in [-0.3, -0.25) is 5.32 Å². The van der Waals surface area contributed by atoms with E-state index in [2.05, 4.69) is 32.9 Å². The Morgan fingerprint density at radius 2 is 1.45 bits per heavy atom. The summed E-state index contributed by atoms with van der Waals surface area (Å²) < 4.78 is 17.0. The minimum atomic E-state index is -0.982. The minimum absolute atomic E-state index is 0.0246. The van der Waals surface area contributed by atoms with Gasteiger partial charge in [-0.2, -0.15) is 0 Å². The van der Waals surface area contributed by atoms with Gasteiger partial charge in [0.1, 0.15) is 16.8 Å². The van der Waals surface area contributed by atoms with Gasteiger partial charge >= 0.3 is 18.3 Å². The second-order valence-corrected chi connectivity index (χ2v) is 11.5. The Hall–Kier alpha value is -2.37. The van der Waals surface area contributed by atoms with Gasteiger partial charge in [0, 0.05) is 3.57 Å². The molecule has 0 bridgehead atoms. The molecule has 0 atom stereocenters. The van der Waals surface area contributed by atoms with Crippen molar-refractivity contribution in [3.63, 3.8) is 0 Å². The van der Waals surface area contributed by atoms with E-state index >= 15 is 0 Å². The van der Waals surface area contributed by atoms with Crippen molar-refractivity contribution in [2.75, 3.05) is 0 Å². The van der Waals surface area contributed by atoms with Gasteiger partial charge in [0.2, 0.25) is 5.96 Å². The van der Waals surface area contributed by atoms with E-state index < -0.39 is 35.1 Å². The Morgan fingerprint density at radius 1 is 0.909 bits per heavy atom. The van der Waals surface area contributed by atoms with Gasteiger partial charge in [-0.05, 0) is 103 Å². The highest BCUT2D eigenvalue weighted by Crippen LogP contribution is 2.16. The zero-order chi connectivity index (χ0) is 25.6. The molecule has 0 spiro atoms. The fourth-order valence-electron chi connectivity index (χ4n) is 2.28. The third-order valence-electron chi connectivity index (χ3n) is 3.30. The molecule has 1 rings (SSSR count). The lowest BCUT2D eigenvalue weighted by Gasteiger charge is -2.29. The summed E-state index contributed by atoms with van der Waals surface area (Å²) in [6.45, 7) is 15.2. The minimum Gasteiger partial charge on any atom is -0.444 e. The van der Waals surface area contributed by atoms with Gasteiger partial charge < -0.3 is 14.2 Å². The number of benzene rings is 1. The first kappa shape index (κ1) is 28.7. The molecular weight excluding hydrogens is 541 g/mol. The quantitative estimate of drug-likeness (QED) is 0.206. The molecule has 10 heteroatoms. The molecule has 0 aromatic heterocycles. The van der Waals surface area contributed by atoms with Crippen molar-refractivity contribution in [1.29, 1.82) is 0 Å². The zero-order valence-corrected chi connectivity index (χ0v) is 22.9. The maximum atomic E-state index is 13.1. The first-order valence-corrected chi connectivity index (χ1v) is 11.5. The summed E-state index contributed by atoms with van der Waals surface area (Å²) in [6, 6.07) is 7.39. The van der Waals surface area contributed by atoms with Gasteiger partial charge in [0.25, 0.3) is 0 Å². The number of rotatable bonds is 2. The van der Waals surface area contributed by atoms with Gasteiger partial charge in [-0.25, -0.2) is 19.3 Å². The predicted molar refractivity (Wildman–Crippen MR) is 134 cm³/mol. The van der Waals surface area contributed by atoms with E-state index in [1.54, 1.807) is 68.4 Å². The summed E-state index contributed by atoms with van der Waals surface area (Å²) in [5, 5.41) is 2.40. The van der Waals surface area contributed by atoms with Crippen molar-refractivity contribution in [3.8, 4) is 0 Å². The largest absolute Gasteiger partial charge is 0.444 e. The number of nitrogens with one attached hydrogen (secondary N) is 1. The van der Waals surface area contributed by atoms with E-state index in [-0.39, 0.29) is 12.5 Å². The molecule has 0 radical (unpaired) electrons. The Bertz CT molecular complexity index is 895. The second kappa shape index (κ2) is 11.2. The van der Waals surface area contributed by atoms with Crippen LogP contribution in [0.15, 0.2) is 29.3 Å². The molecule has 3 amide bonds. The van der Waals surface area contributed by atoms with E-state index in [0.717, 1.165) is 14.0 Å². The standard InChI is InChI=1S/C23H34IN3O6/c1-21(2,3)31-18(28)25-17(26-19(29)32-22(4,5)6)27(20(30)33-23(7,8)9)14-15-11-10-12-16(24)13-15/h10-13H,14H2,1-9H3,(H,25,26,28,29). The summed E-state index contributed by atoms with van der Waals surface area (Å²) in [7, 11) is 0. The Kier molecular flexibility index (Phi) is 9.70. The normalized spacial score (nSPS) is 12.6. The number of amides is 3. The molecule has 1 aromatic carbocycles. The highest BCUT2D eigenvalue weighted by Gasteiger charge is 2.30. The average Bonchev–Trinajstić information content (AvgIpc) is 2.54. The first-order valence-electron chi connectivity index (χ1n) is 10.4. The van der Waals surface area contributed by atoms with Crippen molar-refractivity contribution >= 4 is 46.8 Å². The average molecular weight is 575 g/mol. The van der Waals surface area contributed by atoms with Crippen molar-refractivity contribution in [1.82, 2.24) is 10.2 Å². The van der Waals surface area contributed by atoms with E-state index in [4.69, 9.17) is 14.2 Å². The Morgan fingerprint density at radius 3 is 1.94 bits per heavy atom. The third kappa shape index (κ3) is 12.4. The van der Waals surface area contributed by atoms with Crippen LogP contribution in [0.5, 0.6) is 0 Å². The van der Waals surface area contributed by atoms with Crippen LogP contribution >= 0.6 is 22.6 Å². The van der Waals surface area contributed by atoms with Crippen LogP contribution in [0.3, 0.4) is 0 Å². The molecule has 0 saturated heterocycles. The maximum Gasteiger partial charge on any atom is 0.437 e. The van der Waals surface area contributed by atoms with Crippen LogP contribution in [-0.4, -0.2) is 45.9 Å². The smallest absolute Gasteiger partial charge is 0.437 e. The SMILES string of the molecule is CC(C)(C)OC(=O)/N=C(\NC(=O)OC(C)(C)C)N(Cc1cccc(I)c1)C(=O)OC(C)(C)C. The van der Waals surface area contributed by atoms with Gasteiger partial charge in [-0.1, -0.05) is 12.1 Å². The lowest BCUT2D eigenvalue weighted by molar-refractivity contribution is 0.0346. The van der Waals surface area contributed by atoms with Crippen LogP contribution in [0, 0.1) is 3.57 Å². The maximum absolute atomic E-state index is 13.1. The van der Waals surface area contributed by atoms with Crippen LogP contribution in [0.25, 0.3) is 0 Å². The van der Waals surface area contributed by atoms with Crippen LogP contribution < -0.4 is 5.32 Å². The molecule has 9 nitrogen and oxygen atoms in total. The molecule has 0 aliphatic carbocycles. The van der Waals surface area contributed by atoms with E-state index in [1.165, 1.54) is 0 Å². The molecule has 0 heterocycles. The molecule has 0 unspecified atom stereocenters. The Balaban J connectivity index is 3.45. The van der Waals surface area contributed by atoms with E-state index in [1.807, 2.05) is 18.2 Å².